The molecule has 0 atom stereocenters. The maximum absolute atomic E-state index is 12.4. The highest BCUT2D eigenvalue weighted by atomic mass is 32.2. The summed E-state index contributed by atoms with van der Waals surface area (Å²) in [6, 6.07) is 11.6. The van der Waals surface area contributed by atoms with Crippen molar-refractivity contribution in [2.75, 3.05) is 26.4 Å². The van der Waals surface area contributed by atoms with Gasteiger partial charge in [0, 0.05) is 23.5 Å². The predicted molar refractivity (Wildman–Crippen MR) is 115 cm³/mol. The number of hydrogen-bond donors (Lipinski definition) is 2. The van der Waals surface area contributed by atoms with Crippen molar-refractivity contribution >= 4 is 32.5 Å². The van der Waals surface area contributed by atoms with Crippen molar-refractivity contribution in [1.29, 1.82) is 0 Å². The minimum absolute atomic E-state index is 0.0409. The molecule has 0 bridgehead atoms. The van der Waals surface area contributed by atoms with Crippen molar-refractivity contribution in [2.24, 2.45) is 4.99 Å². The molecule has 7 nitrogen and oxygen atoms in total. The molecule has 0 spiro atoms. The molecule has 0 aliphatic heterocycles. The quantitative estimate of drug-likeness (QED) is 0.605. The number of pyridine rings is 1. The molecule has 29 heavy (non-hydrogen) atoms. The highest BCUT2D eigenvalue weighted by molar-refractivity contribution is 7.91. The summed E-state index contributed by atoms with van der Waals surface area (Å²) >= 11 is 0. The fourth-order valence-corrected chi connectivity index (χ4v) is 4.27. The summed E-state index contributed by atoms with van der Waals surface area (Å²) in [6.07, 6.45) is 1.46. The van der Waals surface area contributed by atoms with Crippen molar-refractivity contribution in [2.45, 2.75) is 11.8 Å². The number of aromatic nitrogens is 1. The lowest BCUT2D eigenvalue weighted by atomic mass is 10.1. The number of sulfone groups is 1. The first-order chi connectivity index (χ1) is 13.7. The molecule has 0 radical (unpaired) electrons. The maximum atomic E-state index is 12.4. The van der Waals surface area contributed by atoms with Crippen molar-refractivity contribution in [1.82, 2.24) is 9.88 Å². The Bertz CT molecular complexity index is 1230. The first-order valence-corrected chi connectivity index (χ1v) is 10.7. The first-order valence-electron chi connectivity index (χ1n) is 9.04. The molecule has 0 aliphatic carbocycles. The number of fused-ring (bicyclic) bond motifs is 1. The highest BCUT2D eigenvalue weighted by Crippen LogP contribution is 2.23. The van der Waals surface area contributed by atoms with Gasteiger partial charge in [-0.1, -0.05) is 17.7 Å². The third kappa shape index (κ3) is 4.72. The number of aliphatic imine (C=N–C) groups is 1. The molecule has 2 aromatic carbocycles. The third-order valence-electron chi connectivity index (χ3n) is 4.54. The van der Waals surface area contributed by atoms with Crippen LogP contribution in [0, 0.1) is 6.92 Å². The molecular weight excluding hydrogens is 390 g/mol. The zero-order valence-electron chi connectivity index (χ0n) is 16.5. The second-order valence-electron chi connectivity index (χ2n) is 7.14. The summed E-state index contributed by atoms with van der Waals surface area (Å²) in [5.74, 6) is -0.223. The van der Waals surface area contributed by atoms with Gasteiger partial charge in [-0.15, -0.1) is 0 Å². The number of nitrogens with one attached hydrogen (secondary N) is 1. The number of rotatable bonds is 6. The molecule has 152 valence electrons. The minimum Gasteiger partial charge on any atom is -0.494 e. The van der Waals surface area contributed by atoms with Gasteiger partial charge in [0.05, 0.1) is 21.9 Å². The van der Waals surface area contributed by atoms with Crippen molar-refractivity contribution in [3.05, 3.63) is 63.9 Å². The Balaban J connectivity index is 1.91. The monoisotopic (exact) mass is 413 g/mol. The van der Waals surface area contributed by atoms with E-state index in [0.717, 1.165) is 5.56 Å². The van der Waals surface area contributed by atoms with Crippen molar-refractivity contribution in [3.63, 3.8) is 0 Å². The van der Waals surface area contributed by atoms with Gasteiger partial charge in [0.15, 0.2) is 9.84 Å². The van der Waals surface area contributed by atoms with Gasteiger partial charge >= 0.3 is 0 Å². The number of aryl methyl sites for hydroxylation is 1. The number of aromatic amines is 1. The standard InChI is InChI=1S/C21H23N3O4S/c1-14-4-9-17-18(12-14)19(21(26)23-20(17)25)13-22-15-5-7-16(8-6-15)29(27,28)11-10-24(2)3/h4-9,12-13H,10-11H2,1-3H3,(H2,23,25,26). The molecule has 0 saturated carbocycles. The molecule has 3 rings (SSSR count). The summed E-state index contributed by atoms with van der Waals surface area (Å²) < 4.78 is 24.7. The average Bonchev–Trinajstić information content (AvgIpc) is 2.66. The summed E-state index contributed by atoms with van der Waals surface area (Å²) in [5, 5.41) is 11.2. The highest BCUT2D eigenvalue weighted by Gasteiger charge is 2.14. The summed E-state index contributed by atoms with van der Waals surface area (Å²) in [6.45, 7) is 2.34. The number of H-pyrrole nitrogens is 1. The molecule has 0 amide bonds. The van der Waals surface area contributed by atoms with E-state index in [9.17, 15) is 18.3 Å². The molecule has 1 heterocycles. The number of aromatic hydroxyl groups is 1. The number of hydrogen-bond acceptors (Lipinski definition) is 6. The van der Waals surface area contributed by atoms with E-state index in [2.05, 4.69) is 9.98 Å². The van der Waals surface area contributed by atoms with Crippen LogP contribution in [0.25, 0.3) is 10.8 Å². The van der Waals surface area contributed by atoms with Gasteiger partial charge in [-0.05, 0) is 51.4 Å². The van der Waals surface area contributed by atoms with Gasteiger partial charge in [0.2, 0.25) is 5.88 Å². The van der Waals surface area contributed by atoms with Crippen LogP contribution in [0.2, 0.25) is 0 Å². The zero-order chi connectivity index (χ0) is 21.2. The summed E-state index contributed by atoms with van der Waals surface area (Å²) in [4.78, 5) is 20.9. The van der Waals surface area contributed by atoms with Gasteiger partial charge in [0.25, 0.3) is 5.56 Å². The molecule has 8 heteroatoms. The van der Waals surface area contributed by atoms with E-state index in [1.54, 1.807) is 18.2 Å². The molecule has 1 aromatic heterocycles. The normalized spacial score (nSPS) is 12.3. The average molecular weight is 413 g/mol. The van der Waals surface area contributed by atoms with Crippen LogP contribution in [0.4, 0.5) is 5.69 Å². The van der Waals surface area contributed by atoms with Crippen LogP contribution in [0.5, 0.6) is 5.88 Å². The molecule has 0 saturated heterocycles. The summed E-state index contributed by atoms with van der Waals surface area (Å²) in [5.41, 5.74) is 1.50. The molecule has 3 aromatic rings. The molecular formula is C21H23N3O4S. The molecule has 2 N–H and O–H groups in total. The zero-order valence-corrected chi connectivity index (χ0v) is 17.3. The van der Waals surface area contributed by atoms with Gasteiger partial charge in [-0.25, -0.2) is 8.42 Å². The lowest BCUT2D eigenvalue weighted by molar-refractivity contribution is 0.432. The fourth-order valence-electron chi connectivity index (χ4n) is 2.88. The smallest absolute Gasteiger partial charge is 0.258 e. The Labute approximate surface area is 169 Å². The minimum atomic E-state index is -3.36. The van der Waals surface area contributed by atoms with Crippen LogP contribution in [0.15, 0.2) is 57.1 Å². The van der Waals surface area contributed by atoms with E-state index in [1.165, 1.54) is 18.3 Å². The van der Waals surface area contributed by atoms with Gasteiger partial charge < -0.3 is 10.0 Å². The van der Waals surface area contributed by atoms with E-state index in [-0.39, 0.29) is 22.1 Å². The van der Waals surface area contributed by atoms with Crippen LogP contribution < -0.4 is 5.56 Å². The second kappa shape index (κ2) is 8.18. The van der Waals surface area contributed by atoms with E-state index >= 15 is 0 Å². The van der Waals surface area contributed by atoms with Crippen molar-refractivity contribution in [3.8, 4) is 5.88 Å². The third-order valence-corrected chi connectivity index (χ3v) is 6.25. The topological polar surface area (TPSA) is 103 Å². The van der Waals surface area contributed by atoms with E-state index in [4.69, 9.17) is 0 Å². The lowest BCUT2D eigenvalue weighted by Gasteiger charge is -2.10. The first kappa shape index (κ1) is 20.8. The van der Waals surface area contributed by atoms with Crippen LogP contribution in [-0.4, -0.2) is 56.0 Å². The van der Waals surface area contributed by atoms with Gasteiger partial charge in [-0.3, -0.25) is 14.8 Å². The Morgan fingerprint density at radius 3 is 2.45 bits per heavy atom. The number of nitrogens with zero attached hydrogens (tertiary/aromatic N) is 2. The number of benzene rings is 2. The van der Waals surface area contributed by atoms with E-state index in [0.29, 0.717) is 28.6 Å². The van der Waals surface area contributed by atoms with E-state index in [1.807, 2.05) is 38.1 Å². The molecule has 0 fully saturated rings. The Kier molecular flexibility index (Phi) is 5.86. The van der Waals surface area contributed by atoms with Crippen molar-refractivity contribution < 1.29 is 13.5 Å². The Hall–Kier alpha value is -2.97. The van der Waals surface area contributed by atoms with Gasteiger partial charge in [-0.2, -0.15) is 0 Å². The molecule has 0 aliphatic rings. The van der Waals surface area contributed by atoms with Crippen LogP contribution in [0.3, 0.4) is 0 Å². The van der Waals surface area contributed by atoms with Crippen LogP contribution in [0.1, 0.15) is 11.1 Å². The predicted octanol–water partition coefficient (Wildman–Crippen LogP) is 2.63. The molecule has 0 unspecified atom stereocenters. The SMILES string of the molecule is Cc1ccc2c(=O)[nH]c(O)c(C=Nc3ccc(S(=O)(=O)CCN(C)C)cc3)c2c1. The Morgan fingerprint density at radius 1 is 1.10 bits per heavy atom. The maximum Gasteiger partial charge on any atom is 0.258 e. The van der Waals surface area contributed by atoms with Crippen LogP contribution in [-0.2, 0) is 9.84 Å². The van der Waals surface area contributed by atoms with E-state index < -0.39 is 9.84 Å². The van der Waals surface area contributed by atoms with Crippen LogP contribution >= 0.6 is 0 Å². The summed E-state index contributed by atoms with van der Waals surface area (Å²) in [7, 11) is 0.291. The lowest BCUT2D eigenvalue weighted by Crippen LogP contribution is -2.21. The fraction of sp³-hybridized carbons (Fsp3) is 0.238. The van der Waals surface area contributed by atoms with Gasteiger partial charge in [0.1, 0.15) is 0 Å². The Morgan fingerprint density at radius 2 is 1.79 bits per heavy atom. The largest absolute Gasteiger partial charge is 0.494 e. The second-order valence-corrected chi connectivity index (χ2v) is 9.25.